The molecular weight excluding hydrogens is 420 g/mol. The zero-order valence-corrected chi connectivity index (χ0v) is 18.7. The predicted octanol–water partition coefficient (Wildman–Crippen LogP) is 1.90. The van der Waals surface area contributed by atoms with Crippen molar-refractivity contribution in [2.45, 2.75) is 6.42 Å². The third-order valence-corrected chi connectivity index (χ3v) is 5.89. The predicted molar refractivity (Wildman–Crippen MR) is 127 cm³/mol. The topological polar surface area (TPSA) is 87.6 Å². The van der Waals surface area contributed by atoms with E-state index in [1.54, 1.807) is 6.07 Å². The number of nitrogens with one attached hydrogen (secondary N) is 1. The Hall–Kier alpha value is -3.65. The van der Waals surface area contributed by atoms with Crippen molar-refractivity contribution in [3.8, 4) is 5.75 Å². The molecule has 0 bridgehead atoms. The summed E-state index contributed by atoms with van der Waals surface area (Å²) in [5.41, 5.74) is 0.506. The van der Waals surface area contributed by atoms with E-state index < -0.39 is 5.69 Å². The number of ether oxygens (including phenoxy) is 1. The molecule has 0 atom stereocenters. The second kappa shape index (κ2) is 10.3. The van der Waals surface area contributed by atoms with Crippen molar-refractivity contribution in [3.63, 3.8) is 0 Å². The standard InChI is InChI=1S/C25H28N4O4/c1-27-23(30)18-22(26-25(27)32)29-15-13-28(14-16-29)12-7-17-33-21-11-6-5-10-20(21)24(31)19-8-3-2-4-9-19/h2-6,8-11,18H,7,12-17H2,1H3,(H,26,32). The Bertz CT molecular complexity index is 1180. The van der Waals surface area contributed by atoms with Gasteiger partial charge in [-0.3, -0.25) is 24.0 Å². The van der Waals surface area contributed by atoms with Crippen LogP contribution in [0.25, 0.3) is 0 Å². The van der Waals surface area contributed by atoms with Gasteiger partial charge in [0.05, 0.1) is 12.2 Å². The van der Waals surface area contributed by atoms with Gasteiger partial charge in [0, 0.05) is 51.4 Å². The fraction of sp³-hybridized carbons (Fsp3) is 0.320. The lowest BCUT2D eigenvalue weighted by molar-refractivity contribution is 0.103. The van der Waals surface area contributed by atoms with Gasteiger partial charge >= 0.3 is 5.69 Å². The minimum atomic E-state index is -0.400. The lowest BCUT2D eigenvalue weighted by Gasteiger charge is -2.35. The first-order chi connectivity index (χ1) is 16.0. The number of piperazine rings is 1. The molecule has 0 amide bonds. The number of carbonyl (C=O) groups is 1. The highest BCUT2D eigenvalue weighted by Gasteiger charge is 2.19. The molecule has 0 aliphatic carbocycles. The quantitative estimate of drug-likeness (QED) is 0.418. The molecule has 33 heavy (non-hydrogen) atoms. The maximum absolute atomic E-state index is 12.8. The zero-order valence-electron chi connectivity index (χ0n) is 18.7. The average molecular weight is 449 g/mol. The first-order valence-corrected chi connectivity index (χ1v) is 11.1. The Morgan fingerprint density at radius 3 is 2.39 bits per heavy atom. The fourth-order valence-corrected chi connectivity index (χ4v) is 3.92. The lowest BCUT2D eigenvalue weighted by atomic mass is 10.0. The van der Waals surface area contributed by atoms with E-state index in [4.69, 9.17) is 4.74 Å². The van der Waals surface area contributed by atoms with Crippen LogP contribution in [0.1, 0.15) is 22.3 Å². The van der Waals surface area contributed by atoms with Crippen LogP contribution in [0, 0.1) is 0 Å². The number of aromatic amines is 1. The smallest absolute Gasteiger partial charge is 0.329 e. The van der Waals surface area contributed by atoms with Crippen molar-refractivity contribution in [1.29, 1.82) is 0 Å². The van der Waals surface area contributed by atoms with E-state index in [-0.39, 0.29) is 11.3 Å². The summed E-state index contributed by atoms with van der Waals surface area (Å²) in [6.45, 7) is 4.52. The van der Waals surface area contributed by atoms with Crippen molar-refractivity contribution in [1.82, 2.24) is 14.5 Å². The van der Waals surface area contributed by atoms with Crippen LogP contribution in [0.4, 0.5) is 5.82 Å². The van der Waals surface area contributed by atoms with Crippen molar-refractivity contribution in [3.05, 3.63) is 92.6 Å². The molecule has 1 N–H and O–H groups in total. The third kappa shape index (κ3) is 5.40. The zero-order chi connectivity index (χ0) is 23.2. The molecule has 2 aromatic carbocycles. The first kappa shape index (κ1) is 22.5. The molecular formula is C25H28N4O4. The number of benzene rings is 2. The largest absolute Gasteiger partial charge is 0.493 e. The summed E-state index contributed by atoms with van der Waals surface area (Å²) in [4.78, 5) is 43.7. The highest BCUT2D eigenvalue weighted by Crippen LogP contribution is 2.22. The van der Waals surface area contributed by atoms with Crippen molar-refractivity contribution < 1.29 is 9.53 Å². The number of hydrogen-bond donors (Lipinski definition) is 1. The van der Waals surface area contributed by atoms with Crippen LogP contribution in [0.5, 0.6) is 5.75 Å². The molecule has 3 aromatic rings. The molecule has 2 heterocycles. The number of hydrogen-bond acceptors (Lipinski definition) is 6. The van der Waals surface area contributed by atoms with Gasteiger partial charge < -0.3 is 9.64 Å². The molecule has 1 saturated heterocycles. The van der Waals surface area contributed by atoms with Crippen molar-refractivity contribution in [2.75, 3.05) is 44.2 Å². The van der Waals surface area contributed by atoms with Gasteiger partial charge in [-0.05, 0) is 18.6 Å². The molecule has 4 rings (SSSR count). The van der Waals surface area contributed by atoms with Gasteiger partial charge in [-0.1, -0.05) is 42.5 Å². The molecule has 1 fully saturated rings. The number of anilines is 1. The Morgan fingerprint density at radius 1 is 0.970 bits per heavy atom. The maximum Gasteiger partial charge on any atom is 0.329 e. The molecule has 8 nitrogen and oxygen atoms in total. The Morgan fingerprint density at radius 2 is 1.67 bits per heavy atom. The molecule has 1 aliphatic heterocycles. The summed E-state index contributed by atoms with van der Waals surface area (Å²) in [6.07, 6.45) is 0.830. The summed E-state index contributed by atoms with van der Waals surface area (Å²) >= 11 is 0. The number of ketones is 1. The fourth-order valence-electron chi connectivity index (χ4n) is 3.92. The Balaban J connectivity index is 1.26. The number of aromatic nitrogens is 2. The molecule has 0 unspecified atom stereocenters. The van der Waals surface area contributed by atoms with E-state index in [2.05, 4.69) is 9.88 Å². The second-order valence-corrected chi connectivity index (χ2v) is 8.08. The van der Waals surface area contributed by atoms with Crippen LogP contribution in [0.3, 0.4) is 0 Å². The molecule has 0 saturated carbocycles. The first-order valence-electron chi connectivity index (χ1n) is 11.1. The molecule has 1 aliphatic rings. The minimum Gasteiger partial charge on any atom is -0.493 e. The van der Waals surface area contributed by atoms with Gasteiger partial charge in [0.1, 0.15) is 11.6 Å². The summed E-state index contributed by atoms with van der Waals surface area (Å²) in [7, 11) is 1.46. The highest BCUT2D eigenvalue weighted by molar-refractivity contribution is 6.10. The van der Waals surface area contributed by atoms with Crippen LogP contribution in [0.2, 0.25) is 0 Å². The normalized spacial score (nSPS) is 14.3. The number of carbonyl (C=O) groups excluding carboxylic acids is 1. The number of H-pyrrole nitrogens is 1. The van der Waals surface area contributed by atoms with E-state index in [0.29, 0.717) is 29.3 Å². The SMILES string of the molecule is Cn1c(=O)cc(N2CCN(CCCOc3ccccc3C(=O)c3ccccc3)CC2)[nH]c1=O. The monoisotopic (exact) mass is 448 g/mol. The van der Waals surface area contributed by atoms with Gasteiger partial charge in [-0.15, -0.1) is 0 Å². The van der Waals surface area contributed by atoms with Crippen LogP contribution in [0.15, 0.2) is 70.3 Å². The molecule has 0 spiro atoms. The summed E-state index contributed by atoms with van der Waals surface area (Å²) in [6, 6.07) is 18.0. The van der Waals surface area contributed by atoms with Crippen molar-refractivity contribution >= 4 is 11.6 Å². The van der Waals surface area contributed by atoms with E-state index >= 15 is 0 Å². The lowest BCUT2D eigenvalue weighted by Crippen LogP contribution is -2.48. The molecule has 172 valence electrons. The molecule has 8 heteroatoms. The van der Waals surface area contributed by atoms with E-state index in [0.717, 1.165) is 43.7 Å². The van der Waals surface area contributed by atoms with Gasteiger partial charge in [-0.2, -0.15) is 0 Å². The van der Waals surface area contributed by atoms with E-state index in [9.17, 15) is 14.4 Å². The summed E-state index contributed by atoms with van der Waals surface area (Å²) in [5, 5.41) is 0. The minimum absolute atomic E-state index is 0.0453. The van der Waals surface area contributed by atoms with Crippen molar-refractivity contribution in [2.24, 2.45) is 7.05 Å². The number of para-hydroxylation sites is 1. The molecule has 1 aromatic heterocycles. The summed E-state index contributed by atoms with van der Waals surface area (Å²) < 4.78 is 7.02. The van der Waals surface area contributed by atoms with Crippen LogP contribution in [-0.2, 0) is 7.05 Å². The average Bonchev–Trinajstić information content (AvgIpc) is 2.85. The third-order valence-electron chi connectivity index (χ3n) is 5.89. The Kier molecular flexibility index (Phi) is 7.04. The van der Waals surface area contributed by atoms with Crippen LogP contribution < -0.4 is 20.9 Å². The number of rotatable bonds is 8. The van der Waals surface area contributed by atoms with Gasteiger partial charge in [-0.25, -0.2) is 4.79 Å². The van der Waals surface area contributed by atoms with E-state index in [1.165, 1.54) is 13.1 Å². The van der Waals surface area contributed by atoms with Gasteiger partial charge in [0.2, 0.25) is 0 Å². The Labute approximate surface area is 192 Å². The summed E-state index contributed by atoms with van der Waals surface area (Å²) in [5.74, 6) is 1.13. The van der Waals surface area contributed by atoms with Gasteiger partial charge in [0.25, 0.3) is 5.56 Å². The second-order valence-electron chi connectivity index (χ2n) is 8.08. The van der Waals surface area contributed by atoms with E-state index in [1.807, 2.05) is 53.4 Å². The molecule has 0 radical (unpaired) electrons. The maximum atomic E-state index is 12.8. The van der Waals surface area contributed by atoms with Gasteiger partial charge in [0.15, 0.2) is 5.78 Å². The highest BCUT2D eigenvalue weighted by atomic mass is 16.5. The van der Waals surface area contributed by atoms with Crippen LogP contribution in [-0.4, -0.2) is 59.6 Å². The van der Waals surface area contributed by atoms with Crippen LogP contribution >= 0.6 is 0 Å². The number of nitrogens with zero attached hydrogens (tertiary/aromatic N) is 3.